The first-order valence-corrected chi connectivity index (χ1v) is 7.72. The Labute approximate surface area is 130 Å². The average molecular weight is 310 g/mol. The summed E-state index contributed by atoms with van der Waals surface area (Å²) < 4.78 is 23.8. The Hall–Kier alpha value is -1.21. The molecule has 122 valence electrons. The first-order valence-electron chi connectivity index (χ1n) is 7.72. The highest BCUT2D eigenvalue weighted by molar-refractivity contribution is 5.30. The number of aliphatic hydroxyl groups is 1. The fourth-order valence-corrected chi connectivity index (χ4v) is 3.30. The number of ether oxygens (including phenoxy) is 2. The molecule has 0 spiro atoms. The summed E-state index contributed by atoms with van der Waals surface area (Å²) in [5, 5.41) is 10.3. The van der Waals surface area contributed by atoms with E-state index in [9.17, 15) is 9.50 Å². The normalized spacial score (nSPS) is 27.2. The Morgan fingerprint density at radius 3 is 2.82 bits per heavy atom. The maximum Gasteiger partial charge on any atom is 0.165 e. The van der Waals surface area contributed by atoms with Crippen LogP contribution in [0, 0.1) is 5.82 Å². The van der Waals surface area contributed by atoms with Gasteiger partial charge in [0, 0.05) is 38.8 Å². The Kier molecular flexibility index (Phi) is 4.93. The van der Waals surface area contributed by atoms with Crippen LogP contribution in [0.4, 0.5) is 4.39 Å². The maximum atomic E-state index is 13.5. The number of nitrogens with zero attached hydrogens (tertiary/aromatic N) is 2. The molecule has 2 heterocycles. The molecule has 0 radical (unpaired) electrons. The zero-order valence-corrected chi connectivity index (χ0v) is 12.9. The van der Waals surface area contributed by atoms with Gasteiger partial charge in [0.25, 0.3) is 0 Å². The highest BCUT2D eigenvalue weighted by Gasteiger charge is 2.35. The lowest BCUT2D eigenvalue weighted by Gasteiger charge is -2.33. The molecule has 2 aliphatic heterocycles. The molecule has 0 amide bonds. The number of rotatable bonds is 4. The van der Waals surface area contributed by atoms with Crippen molar-refractivity contribution in [2.45, 2.75) is 18.7 Å². The zero-order chi connectivity index (χ0) is 15.5. The number of methoxy groups -OCH3 is 1. The minimum atomic E-state index is -0.348. The maximum absolute atomic E-state index is 13.5. The van der Waals surface area contributed by atoms with Gasteiger partial charge < -0.3 is 14.6 Å². The standard InChI is InChI=1S/C16H23FN2O3/c1-21-16-8-12(2-3-13(16)17)9-18-10-14(15(20)11-18)19-4-6-22-7-5-19/h2-3,8,14-15,20H,4-7,9-11H2,1H3/t14-,15-/m0/s1. The largest absolute Gasteiger partial charge is 0.494 e. The van der Waals surface area contributed by atoms with Crippen molar-refractivity contribution in [1.29, 1.82) is 0 Å². The van der Waals surface area contributed by atoms with E-state index in [1.807, 2.05) is 0 Å². The molecule has 1 N–H and O–H groups in total. The summed E-state index contributed by atoms with van der Waals surface area (Å²) in [6.07, 6.45) is -0.347. The molecule has 0 aromatic heterocycles. The number of benzene rings is 1. The lowest BCUT2D eigenvalue weighted by atomic mass is 10.1. The summed E-state index contributed by atoms with van der Waals surface area (Å²) >= 11 is 0. The molecule has 1 aromatic rings. The first-order chi connectivity index (χ1) is 10.7. The van der Waals surface area contributed by atoms with Crippen molar-refractivity contribution in [1.82, 2.24) is 9.80 Å². The second-order valence-electron chi connectivity index (χ2n) is 5.95. The van der Waals surface area contributed by atoms with Gasteiger partial charge >= 0.3 is 0 Å². The van der Waals surface area contributed by atoms with Crippen molar-refractivity contribution >= 4 is 0 Å². The fourth-order valence-electron chi connectivity index (χ4n) is 3.30. The van der Waals surface area contributed by atoms with E-state index in [1.54, 1.807) is 12.1 Å². The Balaban J connectivity index is 1.62. The predicted octanol–water partition coefficient (Wildman–Crippen LogP) is 0.712. The molecule has 2 aliphatic rings. The highest BCUT2D eigenvalue weighted by atomic mass is 19.1. The van der Waals surface area contributed by atoms with Crippen LogP contribution in [-0.2, 0) is 11.3 Å². The molecule has 0 saturated carbocycles. The van der Waals surface area contributed by atoms with Crippen LogP contribution in [0.1, 0.15) is 5.56 Å². The van der Waals surface area contributed by atoms with Gasteiger partial charge in [-0.2, -0.15) is 0 Å². The fraction of sp³-hybridized carbons (Fsp3) is 0.625. The lowest BCUT2D eigenvalue weighted by molar-refractivity contribution is -0.00618. The first kappa shape index (κ1) is 15.7. The molecular weight excluding hydrogens is 287 g/mol. The number of likely N-dealkylation sites (tertiary alicyclic amines) is 1. The van der Waals surface area contributed by atoms with E-state index in [0.29, 0.717) is 13.1 Å². The zero-order valence-electron chi connectivity index (χ0n) is 12.9. The molecule has 0 bridgehead atoms. The second kappa shape index (κ2) is 6.91. The van der Waals surface area contributed by atoms with Crippen molar-refractivity contribution in [3.05, 3.63) is 29.6 Å². The number of hydrogen-bond donors (Lipinski definition) is 1. The van der Waals surface area contributed by atoms with Crippen molar-refractivity contribution in [3.63, 3.8) is 0 Å². The molecule has 1 aromatic carbocycles. The molecular formula is C16H23FN2O3. The summed E-state index contributed by atoms with van der Waals surface area (Å²) in [5.41, 5.74) is 0.994. The molecule has 0 aliphatic carbocycles. The van der Waals surface area contributed by atoms with Gasteiger partial charge in [-0.1, -0.05) is 6.07 Å². The SMILES string of the molecule is COc1cc(CN2C[C@H](O)[C@@H](N3CCOCC3)C2)ccc1F. The minimum Gasteiger partial charge on any atom is -0.494 e. The molecule has 2 atom stereocenters. The quantitative estimate of drug-likeness (QED) is 0.887. The van der Waals surface area contributed by atoms with E-state index in [-0.39, 0.29) is 23.7 Å². The number of halogens is 1. The van der Waals surface area contributed by atoms with Crippen LogP contribution in [0.3, 0.4) is 0 Å². The molecule has 2 fully saturated rings. The van der Waals surface area contributed by atoms with Gasteiger partial charge in [-0.3, -0.25) is 9.80 Å². The molecule has 22 heavy (non-hydrogen) atoms. The van der Waals surface area contributed by atoms with E-state index in [0.717, 1.165) is 38.4 Å². The van der Waals surface area contributed by atoms with Crippen LogP contribution in [0.15, 0.2) is 18.2 Å². The summed E-state index contributed by atoms with van der Waals surface area (Å²) in [5.74, 6) is -0.0825. The van der Waals surface area contributed by atoms with Gasteiger partial charge in [0.2, 0.25) is 0 Å². The van der Waals surface area contributed by atoms with Gasteiger partial charge in [-0.25, -0.2) is 4.39 Å². The topological polar surface area (TPSA) is 45.2 Å². The number of morpholine rings is 1. The molecule has 3 rings (SSSR count). The third kappa shape index (κ3) is 3.41. The number of β-amino-alcohol motifs (C(OH)–C–C–N with tert-alkyl or cyclic N) is 1. The monoisotopic (exact) mass is 310 g/mol. The van der Waals surface area contributed by atoms with E-state index >= 15 is 0 Å². The van der Waals surface area contributed by atoms with Gasteiger partial charge in [-0.15, -0.1) is 0 Å². The Morgan fingerprint density at radius 2 is 2.09 bits per heavy atom. The third-order valence-electron chi connectivity index (χ3n) is 4.47. The molecule has 2 saturated heterocycles. The second-order valence-corrected chi connectivity index (χ2v) is 5.95. The van der Waals surface area contributed by atoms with Crippen LogP contribution >= 0.6 is 0 Å². The Morgan fingerprint density at radius 1 is 1.32 bits per heavy atom. The summed E-state index contributed by atoms with van der Waals surface area (Å²) in [6, 6.07) is 5.09. The van der Waals surface area contributed by atoms with Crippen molar-refractivity contribution in [2.24, 2.45) is 0 Å². The van der Waals surface area contributed by atoms with E-state index < -0.39 is 0 Å². The summed E-state index contributed by atoms with van der Waals surface area (Å²) in [4.78, 5) is 4.51. The van der Waals surface area contributed by atoms with Crippen LogP contribution in [0.25, 0.3) is 0 Å². The van der Waals surface area contributed by atoms with Crippen molar-refractivity contribution in [2.75, 3.05) is 46.5 Å². The van der Waals surface area contributed by atoms with Crippen LogP contribution in [0.2, 0.25) is 0 Å². The highest BCUT2D eigenvalue weighted by Crippen LogP contribution is 2.23. The van der Waals surface area contributed by atoms with Crippen LogP contribution in [0.5, 0.6) is 5.75 Å². The van der Waals surface area contributed by atoms with Gasteiger partial charge in [-0.05, 0) is 17.7 Å². The molecule has 5 nitrogen and oxygen atoms in total. The van der Waals surface area contributed by atoms with Crippen molar-refractivity contribution in [3.8, 4) is 5.75 Å². The van der Waals surface area contributed by atoms with Crippen LogP contribution in [-0.4, -0.2) is 73.6 Å². The van der Waals surface area contributed by atoms with E-state index in [1.165, 1.54) is 13.2 Å². The van der Waals surface area contributed by atoms with Gasteiger partial charge in [0.1, 0.15) is 0 Å². The van der Waals surface area contributed by atoms with E-state index in [4.69, 9.17) is 9.47 Å². The van der Waals surface area contributed by atoms with E-state index in [2.05, 4.69) is 9.80 Å². The average Bonchev–Trinajstić information content (AvgIpc) is 2.90. The van der Waals surface area contributed by atoms with Gasteiger partial charge in [0.05, 0.1) is 26.4 Å². The summed E-state index contributed by atoms with van der Waals surface area (Å²) in [6.45, 7) is 5.37. The Bertz CT molecular complexity index is 508. The number of hydrogen-bond acceptors (Lipinski definition) is 5. The number of aliphatic hydroxyl groups excluding tert-OH is 1. The minimum absolute atomic E-state index is 0.159. The van der Waals surface area contributed by atoms with Crippen molar-refractivity contribution < 1.29 is 19.0 Å². The smallest absolute Gasteiger partial charge is 0.165 e. The van der Waals surface area contributed by atoms with Gasteiger partial charge in [0.15, 0.2) is 11.6 Å². The molecule has 0 unspecified atom stereocenters. The summed E-state index contributed by atoms with van der Waals surface area (Å²) in [7, 11) is 1.47. The predicted molar refractivity (Wildman–Crippen MR) is 80.4 cm³/mol. The lowest BCUT2D eigenvalue weighted by Crippen LogP contribution is -2.48. The van der Waals surface area contributed by atoms with Crippen LogP contribution < -0.4 is 4.74 Å². The third-order valence-corrected chi connectivity index (χ3v) is 4.47. The molecule has 6 heteroatoms.